The summed E-state index contributed by atoms with van der Waals surface area (Å²) in [5, 5.41) is 3.62. The van der Waals surface area contributed by atoms with Gasteiger partial charge in [-0.05, 0) is 79.5 Å². The predicted octanol–water partition coefficient (Wildman–Crippen LogP) is 5.10. The normalized spacial score (nSPS) is 14.1. The number of hydrogen-bond acceptors (Lipinski definition) is 4. The maximum absolute atomic E-state index is 13.4. The lowest BCUT2D eigenvalue weighted by atomic mass is 10.1. The lowest BCUT2D eigenvalue weighted by Gasteiger charge is -2.24. The van der Waals surface area contributed by atoms with Crippen LogP contribution in [0.25, 0.3) is 0 Å². The minimum atomic E-state index is -4.03. The highest BCUT2D eigenvalue weighted by Gasteiger charge is 2.27. The number of nitrogens with zero attached hydrogens (tertiary/aromatic N) is 2. The summed E-state index contributed by atoms with van der Waals surface area (Å²) in [5.74, 6) is -0.427. The average molecular weight is 532 g/mol. The van der Waals surface area contributed by atoms with E-state index in [1.165, 1.54) is 48.7 Å². The number of likely N-dealkylation sites (tertiary alicyclic amines) is 1. The molecule has 4 rings (SSSR count). The zero-order chi connectivity index (χ0) is 24.8. The van der Waals surface area contributed by atoms with E-state index in [1.54, 1.807) is 18.2 Å². The molecule has 35 heavy (non-hydrogen) atoms. The lowest BCUT2D eigenvalue weighted by Crippen LogP contribution is -2.40. The number of halogens is 2. The summed E-state index contributed by atoms with van der Waals surface area (Å²) in [4.78, 5) is 15.3. The van der Waals surface area contributed by atoms with E-state index in [0.29, 0.717) is 22.3 Å². The minimum absolute atomic E-state index is 0.0308. The molecule has 0 radical (unpaired) electrons. The average Bonchev–Trinajstić information content (AvgIpc) is 3.35. The summed E-state index contributed by atoms with van der Waals surface area (Å²) < 4.78 is 27.9. The molecule has 1 N–H and O–H groups in total. The van der Waals surface area contributed by atoms with Crippen LogP contribution in [0.3, 0.4) is 0 Å². The molecule has 1 saturated heterocycles. The standard InChI is InChI=1S/C26H27Cl2N3O3S/c27-22-10-12-25(13-11-22)35(33,34)31(24-5-3-4-23(28)16-24)19-26(32)29-17-20-6-8-21(9-7-20)18-30-14-1-2-15-30/h3-13,16H,1-2,14-15,17-19H2,(H,29,32). The molecule has 0 unspecified atom stereocenters. The molecule has 0 atom stereocenters. The Morgan fingerprint density at radius 3 is 2.20 bits per heavy atom. The molecule has 1 heterocycles. The third-order valence-corrected chi connectivity index (χ3v) is 8.18. The molecular formula is C26H27Cl2N3O3S. The maximum Gasteiger partial charge on any atom is 0.264 e. The second-order valence-corrected chi connectivity index (χ2v) is 11.3. The number of nitrogens with one attached hydrogen (secondary N) is 1. The predicted molar refractivity (Wildman–Crippen MR) is 140 cm³/mol. The van der Waals surface area contributed by atoms with Gasteiger partial charge in [0.15, 0.2) is 0 Å². The topological polar surface area (TPSA) is 69.7 Å². The van der Waals surface area contributed by atoms with Crippen molar-refractivity contribution in [1.82, 2.24) is 10.2 Å². The van der Waals surface area contributed by atoms with Gasteiger partial charge in [-0.1, -0.05) is 53.5 Å². The van der Waals surface area contributed by atoms with E-state index in [9.17, 15) is 13.2 Å². The Labute approximate surface area is 216 Å². The van der Waals surface area contributed by atoms with E-state index >= 15 is 0 Å². The first kappa shape index (κ1) is 25.5. The van der Waals surface area contributed by atoms with Crippen LogP contribution >= 0.6 is 23.2 Å². The van der Waals surface area contributed by atoms with Crippen LogP contribution in [-0.4, -0.2) is 38.9 Å². The molecule has 3 aromatic rings. The SMILES string of the molecule is O=C(CN(c1cccc(Cl)c1)S(=O)(=O)c1ccc(Cl)cc1)NCc1ccc(CN2CCCC2)cc1. The smallest absolute Gasteiger partial charge is 0.264 e. The molecule has 3 aromatic carbocycles. The summed E-state index contributed by atoms with van der Waals surface area (Å²) in [6, 6.07) is 20.4. The molecule has 6 nitrogen and oxygen atoms in total. The molecular weight excluding hydrogens is 505 g/mol. The van der Waals surface area contributed by atoms with Crippen molar-refractivity contribution < 1.29 is 13.2 Å². The van der Waals surface area contributed by atoms with Crippen LogP contribution in [0.2, 0.25) is 10.0 Å². The van der Waals surface area contributed by atoms with Crippen molar-refractivity contribution in [2.45, 2.75) is 30.8 Å². The molecule has 1 amide bonds. The monoisotopic (exact) mass is 531 g/mol. The van der Waals surface area contributed by atoms with Gasteiger partial charge in [0, 0.05) is 23.1 Å². The molecule has 0 aromatic heterocycles. The number of sulfonamides is 1. The molecule has 1 aliphatic heterocycles. The third-order valence-electron chi connectivity index (χ3n) is 5.90. The van der Waals surface area contributed by atoms with E-state index < -0.39 is 22.5 Å². The molecule has 9 heteroatoms. The summed E-state index contributed by atoms with van der Waals surface area (Å²) in [6.07, 6.45) is 2.51. The van der Waals surface area contributed by atoms with E-state index in [4.69, 9.17) is 23.2 Å². The van der Waals surface area contributed by atoms with Crippen LogP contribution in [0.4, 0.5) is 5.69 Å². The first-order chi connectivity index (χ1) is 16.8. The Kier molecular flexibility index (Phi) is 8.34. The fourth-order valence-electron chi connectivity index (χ4n) is 4.03. The van der Waals surface area contributed by atoms with Gasteiger partial charge in [-0.15, -0.1) is 0 Å². The Morgan fingerprint density at radius 2 is 1.54 bits per heavy atom. The largest absolute Gasteiger partial charge is 0.350 e. The second kappa shape index (κ2) is 11.4. The highest BCUT2D eigenvalue weighted by molar-refractivity contribution is 7.92. The van der Waals surface area contributed by atoms with E-state index in [2.05, 4.69) is 22.3 Å². The molecule has 0 aliphatic carbocycles. The van der Waals surface area contributed by atoms with Gasteiger partial charge in [-0.3, -0.25) is 14.0 Å². The number of hydrogen-bond donors (Lipinski definition) is 1. The Balaban J connectivity index is 1.45. The zero-order valence-corrected chi connectivity index (χ0v) is 21.5. The van der Waals surface area contributed by atoms with Gasteiger partial charge < -0.3 is 5.32 Å². The first-order valence-electron chi connectivity index (χ1n) is 11.4. The van der Waals surface area contributed by atoms with E-state index in [-0.39, 0.29) is 4.90 Å². The molecule has 0 spiro atoms. The molecule has 1 fully saturated rings. The van der Waals surface area contributed by atoms with Crippen molar-refractivity contribution in [2.24, 2.45) is 0 Å². The van der Waals surface area contributed by atoms with Crippen molar-refractivity contribution in [3.63, 3.8) is 0 Å². The van der Waals surface area contributed by atoms with Gasteiger partial charge in [0.1, 0.15) is 6.54 Å². The van der Waals surface area contributed by atoms with E-state index in [1.807, 2.05) is 12.1 Å². The number of benzene rings is 3. The Morgan fingerprint density at radius 1 is 0.886 bits per heavy atom. The van der Waals surface area contributed by atoms with Crippen molar-refractivity contribution in [1.29, 1.82) is 0 Å². The van der Waals surface area contributed by atoms with Gasteiger partial charge in [0.05, 0.1) is 10.6 Å². The third kappa shape index (κ3) is 6.76. The summed E-state index contributed by atoms with van der Waals surface area (Å²) in [6.45, 7) is 3.12. The van der Waals surface area contributed by atoms with Crippen molar-refractivity contribution in [2.75, 3.05) is 23.9 Å². The van der Waals surface area contributed by atoms with Gasteiger partial charge in [0.2, 0.25) is 5.91 Å². The van der Waals surface area contributed by atoms with Gasteiger partial charge in [0.25, 0.3) is 10.0 Å². The first-order valence-corrected chi connectivity index (χ1v) is 13.6. The minimum Gasteiger partial charge on any atom is -0.350 e. The van der Waals surface area contributed by atoms with Crippen molar-refractivity contribution in [3.05, 3.63) is 94.0 Å². The van der Waals surface area contributed by atoms with Crippen LogP contribution in [0, 0.1) is 0 Å². The maximum atomic E-state index is 13.4. The Bertz CT molecular complexity index is 1260. The fourth-order valence-corrected chi connectivity index (χ4v) is 5.75. The summed E-state index contributed by atoms with van der Waals surface area (Å²) in [7, 11) is -4.03. The quantitative estimate of drug-likeness (QED) is 0.417. The van der Waals surface area contributed by atoms with Gasteiger partial charge in [-0.25, -0.2) is 8.42 Å². The number of carbonyl (C=O) groups is 1. The highest BCUT2D eigenvalue weighted by Crippen LogP contribution is 2.26. The summed E-state index contributed by atoms with van der Waals surface area (Å²) in [5.41, 5.74) is 2.48. The number of amides is 1. The van der Waals surface area contributed by atoms with Crippen molar-refractivity contribution >= 4 is 44.8 Å². The fraction of sp³-hybridized carbons (Fsp3) is 0.269. The number of rotatable bonds is 9. The number of anilines is 1. The van der Waals surface area contributed by atoms with Crippen molar-refractivity contribution in [3.8, 4) is 0 Å². The van der Waals surface area contributed by atoms with Crippen LogP contribution in [0.15, 0.2) is 77.7 Å². The van der Waals surface area contributed by atoms with Gasteiger partial charge >= 0.3 is 0 Å². The summed E-state index contributed by atoms with van der Waals surface area (Å²) >= 11 is 12.0. The molecule has 184 valence electrons. The Hall–Kier alpha value is -2.58. The molecule has 1 aliphatic rings. The molecule has 0 bridgehead atoms. The van der Waals surface area contributed by atoms with Gasteiger partial charge in [-0.2, -0.15) is 0 Å². The van der Waals surface area contributed by atoms with Crippen LogP contribution in [0.1, 0.15) is 24.0 Å². The zero-order valence-electron chi connectivity index (χ0n) is 19.2. The van der Waals surface area contributed by atoms with Crippen LogP contribution < -0.4 is 9.62 Å². The van der Waals surface area contributed by atoms with Crippen LogP contribution in [-0.2, 0) is 27.9 Å². The van der Waals surface area contributed by atoms with Crippen LogP contribution in [0.5, 0.6) is 0 Å². The lowest BCUT2D eigenvalue weighted by molar-refractivity contribution is -0.119. The van der Waals surface area contributed by atoms with E-state index in [0.717, 1.165) is 29.5 Å². The highest BCUT2D eigenvalue weighted by atomic mass is 35.5. The molecule has 0 saturated carbocycles. The number of carbonyl (C=O) groups excluding carboxylic acids is 1. The second-order valence-electron chi connectivity index (χ2n) is 8.52.